The first kappa shape index (κ1) is 13.7. The van der Waals surface area contributed by atoms with Crippen LogP contribution >= 0.6 is 0 Å². The Kier molecular flexibility index (Phi) is 3.90. The highest BCUT2D eigenvalue weighted by Crippen LogP contribution is 2.26. The molecule has 17 heavy (non-hydrogen) atoms. The van der Waals surface area contributed by atoms with E-state index in [0.29, 0.717) is 12.0 Å². The molecule has 5 nitrogen and oxygen atoms in total. The highest BCUT2D eigenvalue weighted by molar-refractivity contribution is 6.58. The molecule has 6 heteroatoms. The maximum Gasteiger partial charge on any atom is 0.488 e. The summed E-state index contributed by atoms with van der Waals surface area (Å²) < 4.78 is 0. The Balaban J connectivity index is 3.18. The second-order valence-corrected chi connectivity index (χ2v) is 5.26. The van der Waals surface area contributed by atoms with E-state index in [0.717, 1.165) is 0 Å². The van der Waals surface area contributed by atoms with Crippen LogP contribution in [0, 0.1) is 15.5 Å². The Morgan fingerprint density at radius 2 is 1.94 bits per heavy atom. The van der Waals surface area contributed by atoms with Crippen LogP contribution in [0.5, 0.6) is 0 Å². The highest BCUT2D eigenvalue weighted by atomic mass is 16.6. The molecular formula is C11H16BNO4. The van der Waals surface area contributed by atoms with Crippen LogP contribution < -0.4 is 5.46 Å². The van der Waals surface area contributed by atoms with Gasteiger partial charge in [-0.05, 0) is 17.3 Å². The summed E-state index contributed by atoms with van der Waals surface area (Å²) in [5, 5.41) is 28.9. The van der Waals surface area contributed by atoms with E-state index in [1.807, 2.05) is 20.8 Å². The van der Waals surface area contributed by atoms with Gasteiger partial charge in [0.2, 0.25) is 0 Å². The fourth-order valence-corrected chi connectivity index (χ4v) is 1.63. The second kappa shape index (κ2) is 4.85. The minimum Gasteiger partial charge on any atom is -0.423 e. The first-order chi connectivity index (χ1) is 7.70. The molecule has 0 amide bonds. The zero-order valence-electron chi connectivity index (χ0n) is 10.2. The van der Waals surface area contributed by atoms with Crippen LogP contribution in [0.15, 0.2) is 18.2 Å². The van der Waals surface area contributed by atoms with Gasteiger partial charge in [0.15, 0.2) is 0 Å². The van der Waals surface area contributed by atoms with Crippen molar-refractivity contribution in [3.63, 3.8) is 0 Å². The van der Waals surface area contributed by atoms with E-state index in [1.165, 1.54) is 12.1 Å². The van der Waals surface area contributed by atoms with Crippen LogP contribution in [0.2, 0.25) is 0 Å². The average molecular weight is 237 g/mol. The number of hydrogen-bond donors (Lipinski definition) is 2. The lowest BCUT2D eigenvalue weighted by molar-refractivity contribution is -0.385. The van der Waals surface area contributed by atoms with Crippen molar-refractivity contribution in [3.8, 4) is 0 Å². The molecule has 0 fully saturated rings. The quantitative estimate of drug-likeness (QED) is 0.464. The maximum absolute atomic E-state index is 10.9. The van der Waals surface area contributed by atoms with Gasteiger partial charge >= 0.3 is 7.12 Å². The van der Waals surface area contributed by atoms with Crippen LogP contribution in [0.3, 0.4) is 0 Å². The zero-order chi connectivity index (χ0) is 13.2. The molecule has 0 heterocycles. The van der Waals surface area contributed by atoms with E-state index in [4.69, 9.17) is 10.0 Å². The maximum atomic E-state index is 10.9. The summed E-state index contributed by atoms with van der Waals surface area (Å²) in [5.41, 5.74) is 0.608. The molecule has 0 saturated heterocycles. The van der Waals surface area contributed by atoms with Gasteiger partial charge in [-0.25, -0.2) is 0 Å². The van der Waals surface area contributed by atoms with Gasteiger partial charge in [-0.2, -0.15) is 0 Å². The first-order valence-corrected chi connectivity index (χ1v) is 5.34. The van der Waals surface area contributed by atoms with Crippen LogP contribution in [0.1, 0.15) is 26.3 Å². The van der Waals surface area contributed by atoms with E-state index in [1.54, 1.807) is 6.07 Å². The molecule has 1 rings (SSSR count). The molecule has 0 radical (unpaired) electrons. The van der Waals surface area contributed by atoms with Crippen molar-refractivity contribution in [2.45, 2.75) is 27.2 Å². The third-order valence-electron chi connectivity index (χ3n) is 2.32. The van der Waals surface area contributed by atoms with Gasteiger partial charge < -0.3 is 10.0 Å². The predicted octanol–water partition coefficient (Wildman–Crippen LogP) is 0.863. The van der Waals surface area contributed by atoms with E-state index in [9.17, 15) is 10.1 Å². The molecule has 0 aliphatic rings. The van der Waals surface area contributed by atoms with Crippen molar-refractivity contribution in [2.75, 3.05) is 0 Å². The Hall–Kier alpha value is -1.40. The lowest BCUT2D eigenvalue weighted by Crippen LogP contribution is -2.30. The first-order valence-electron chi connectivity index (χ1n) is 5.34. The average Bonchev–Trinajstić information content (AvgIpc) is 2.14. The fraction of sp³-hybridized carbons (Fsp3) is 0.455. The summed E-state index contributed by atoms with van der Waals surface area (Å²) in [4.78, 5) is 10.4. The summed E-state index contributed by atoms with van der Waals surface area (Å²) in [6.07, 6.45) is 0.561. The SMILES string of the molecule is CC(C)(C)Cc1ccc(B(O)O)cc1[N+](=O)[O-]. The van der Waals surface area contributed by atoms with E-state index >= 15 is 0 Å². The van der Waals surface area contributed by atoms with Crippen LogP contribution in [0.4, 0.5) is 5.69 Å². The van der Waals surface area contributed by atoms with E-state index in [-0.39, 0.29) is 16.6 Å². The summed E-state index contributed by atoms with van der Waals surface area (Å²) in [6, 6.07) is 4.29. The minimum absolute atomic E-state index is 0.0643. The molecule has 2 N–H and O–H groups in total. The van der Waals surface area contributed by atoms with Gasteiger partial charge in [0.1, 0.15) is 0 Å². The molecular weight excluding hydrogens is 221 g/mol. The number of nitro groups is 1. The van der Waals surface area contributed by atoms with Gasteiger partial charge in [-0.15, -0.1) is 0 Å². The lowest BCUT2D eigenvalue weighted by Gasteiger charge is -2.18. The van der Waals surface area contributed by atoms with Crippen molar-refractivity contribution < 1.29 is 15.0 Å². The van der Waals surface area contributed by atoms with E-state index < -0.39 is 12.0 Å². The summed E-state index contributed by atoms with van der Waals surface area (Å²) in [7, 11) is -1.68. The van der Waals surface area contributed by atoms with Crippen molar-refractivity contribution >= 4 is 18.3 Å². The molecule has 1 aromatic rings. The van der Waals surface area contributed by atoms with Crippen LogP contribution in [-0.4, -0.2) is 22.1 Å². The largest absolute Gasteiger partial charge is 0.488 e. The monoisotopic (exact) mass is 237 g/mol. The molecule has 0 aromatic heterocycles. The fourth-order valence-electron chi connectivity index (χ4n) is 1.63. The van der Waals surface area contributed by atoms with Crippen molar-refractivity contribution in [3.05, 3.63) is 33.9 Å². The Morgan fingerprint density at radius 3 is 2.35 bits per heavy atom. The van der Waals surface area contributed by atoms with Gasteiger partial charge in [-0.3, -0.25) is 10.1 Å². The number of nitrogens with zero attached hydrogens (tertiary/aromatic N) is 1. The second-order valence-electron chi connectivity index (χ2n) is 5.26. The molecule has 92 valence electrons. The third-order valence-corrected chi connectivity index (χ3v) is 2.32. The number of nitro benzene ring substituents is 1. The molecule has 0 aliphatic heterocycles. The summed E-state index contributed by atoms with van der Waals surface area (Å²) >= 11 is 0. The van der Waals surface area contributed by atoms with Gasteiger partial charge in [-0.1, -0.05) is 32.9 Å². The minimum atomic E-state index is -1.68. The van der Waals surface area contributed by atoms with Crippen LogP contribution in [0.25, 0.3) is 0 Å². The van der Waals surface area contributed by atoms with Gasteiger partial charge in [0.05, 0.1) is 4.92 Å². The smallest absolute Gasteiger partial charge is 0.423 e. The molecule has 0 bridgehead atoms. The highest BCUT2D eigenvalue weighted by Gasteiger charge is 2.22. The van der Waals surface area contributed by atoms with Crippen molar-refractivity contribution in [1.82, 2.24) is 0 Å². The normalized spacial score (nSPS) is 11.4. The molecule has 0 spiro atoms. The summed E-state index contributed by atoms with van der Waals surface area (Å²) in [5.74, 6) is 0. The van der Waals surface area contributed by atoms with Gasteiger partial charge in [0.25, 0.3) is 5.69 Å². The molecule has 1 aromatic carbocycles. The Bertz CT molecular complexity index is 426. The standard InChI is InChI=1S/C11H16BNO4/c1-11(2,3)7-8-4-5-9(12(14)15)6-10(8)13(16)17/h4-6,14-15H,7H2,1-3H3. The topological polar surface area (TPSA) is 83.6 Å². The van der Waals surface area contributed by atoms with E-state index in [2.05, 4.69) is 0 Å². The lowest BCUT2D eigenvalue weighted by atomic mass is 9.78. The Morgan fingerprint density at radius 1 is 1.35 bits per heavy atom. The summed E-state index contributed by atoms with van der Waals surface area (Å²) in [6.45, 7) is 5.97. The van der Waals surface area contributed by atoms with Crippen molar-refractivity contribution in [2.24, 2.45) is 5.41 Å². The van der Waals surface area contributed by atoms with Crippen molar-refractivity contribution in [1.29, 1.82) is 0 Å². The zero-order valence-corrected chi connectivity index (χ0v) is 10.2. The molecule has 0 saturated carbocycles. The molecule has 0 atom stereocenters. The number of benzene rings is 1. The van der Waals surface area contributed by atoms with Crippen LogP contribution in [-0.2, 0) is 6.42 Å². The predicted molar refractivity (Wildman–Crippen MR) is 66.1 cm³/mol. The molecule has 0 aliphatic carbocycles. The van der Waals surface area contributed by atoms with Gasteiger partial charge in [0, 0.05) is 11.6 Å². The number of hydrogen-bond acceptors (Lipinski definition) is 4. The third kappa shape index (κ3) is 3.83. The molecule has 0 unspecified atom stereocenters. The number of rotatable bonds is 3. The Labute approximate surface area is 100 Å².